The van der Waals surface area contributed by atoms with Gasteiger partial charge in [0.2, 0.25) is 0 Å². The van der Waals surface area contributed by atoms with Crippen molar-refractivity contribution in [1.29, 1.82) is 0 Å². The molecular weight excluding hydrogens is 353 g/mol. The summed E-state index contributed by atoms with van der Waals surface area (Å²) in [5.74, 6) is -0.0268. The second-order valence-electron chi connectivity index (χ2n) is 3.88. The number of hydrogen-bond acceptors (Lipinski definition) is 4. The summed E-state index contributed by atoms with van der Waals surface area (Å²) < 4.78 is 13.5. The van der Waals surface area contributed by atoms with E-state index in [-0.39, 0.29) is 10.7 Å². The Labute approximate surface area is 127 Å². The van der Waals surface area contributed by atoms with E-state index in [4.69, 9.17) is 11.6 Å². The van der Waals surface area contributed by atoms with Gasteiger partial charge in [0, 0.05) is 12.6 Å². The van der Waals surface area contributed by atoms with E-state index in [0.717, 1.165) is 11.8 Å². The van der Waals surface area contributed by atoms with Gasteiger partial charge in [-0.25, -0.2) is 9.37 Å². The van der Waals surface area contributed by atoms with E-state index in [1.54, 1.807) is 6.07 Å². The average molecular weight is 361 g/mol. The van der Waals surface area contributed by atoms with Crippen molar-refractivity contribution in [3.8, 4) is 0 Å². The van der Waals surface area contributed by atoms with E-state index in [1.165, 1.54) is 18.2 Å². The lowest BCUT2D eigenvalue weighted by Crippen LogP contribution is -2.03. The van der Waals surface area contributed by atoms with Crippen LogP contribution in [0.2, 0.25) is 5.02 Å². The Morgan fingerprint density at radius 2 is 2.20 bits per heavy atom. The first kappa shape index (κ1) is 14.7. The van der Waals surface area contributed by atoms with Crippen molar-refractivity contribution in [2.24, 2.45) is 0 Å². The number of benzene rings is 1. The lowest BCUT2D eigenvalue weighted by Gasteiger charge is -2.08. The molecule has 104 valence electrons. The molecule has 1 heterocycles. The molecule has 0 saturated carbocycles. The van der Waals surface area contributed by atoms with Gasteiger partial charge in [0.1, 0.15) is 17.8 Å². The number of nitrogens with one attached hydrogen (secondary N) is 1. The fraction of sp³-hybridized carbons (Fsp3) is 0.0833. The SMILES string of the molecule is O=[N+]([O-])c1cnc(NCc2ccc(F)c(Cl)c2)c(Br)c1. The summed E-state index contributed by atoms with van der Waals surface area (Å²) in [5.41, 5.74) is 0.663. The molecule has 5 nitrogen and oxygen atoms in total. The first-order valence-corrected chi connectivity index (χ1v) is 6.62. The summed E-state index contributed by atoms with van der Waals surface area (Å²) in [4.78, 5) is 14.0. The number of nitro groups is 1. The van der Waals surface area contributed by atoms with Crippen molar-refractivity contribution >= 4 is 39.0 Å². The molecule has 1 aromatic heterocycles. The second kappa shape index (κ2) is 6.15. The summed E-state index contributed by atoms with van der Waals surface area (Å²) in [6.07, 6.45) is 1.16. The van der Waals surface area contributed by atoms with Crippen LogP contribution in [0.3, 0.4) is 0 Å². The molecule has 0 aliphatic carbocycles. The van der Waals surface area contributed by atoms with E-state index in [2.05, 4.69) is 26.2 Å². The van der Waals surface area contributed by atoms with Gasteiger partial charge in [0.05, 0.1) is 14.4 Å². The molecule has 0 aliphatic rings. The minimum atomic E-state index is -0.527. The molecule has 0 amide bonds. The van der Waals surface area contributed by atoms with Crippen LogP contribution in [-0.2, 0) is 6.54 Å². The Hall–Kier alpha value is -1.73. The predicted molar refractivity (Wildman–Crippen MR) is 77.3 cm³/mol. The normalized spacial score (nSPS) is 10.3. The summed E-state index contributed by atoms with van der Waals surface area (Å²) in [6.45, 7) is 0.364. The molecule has 0 radical (unpaired) electrons. The minimum absolute atomic E-state index is 0.0417. The Morgan fingerprint density at radius 1 is 1.45 bits per heavy atom. The van der Waals surface area contributed by atoms with Crippen LogP contribution in [0.25, 0.3) is 0 Å². The van der Waals surface area contributed by atoms with Crippen molar-refractivity contribution in [3.63, 3.8) is 0 Å². The molecule has 0 bridgehead atoms. The molecule has 0 aliphatic heterocycles. The van der Waals surface area contributed by atoms with Crippen LogP contribution in [0.4, 0.5) is 15.9 Å². The van der Waals surface area contributed by atoms with Crippen molar-refractivity contribution in [1.82, 2.24) is 4.98 Å². The average Bonchev–Trinajstić information content (AvgIpc) is 2.41. The van der Waals surface area contributed by atoms with Gasteiger partial charge in [-0.3, -0.25) is 10.1 Å². The Kier molecular flexibility index (Phi) is 4.51. The lowest BCUT2D eigenvalue weighted by molar-refractivity contribution is -0.385. The van der Waals surface area contributed by atoms with E-state index in [1.807, 2.05) is 0 Å². The Balaban J connectivity index is 2.10. The summed E-state index contributed by atoms with van der Waals surface area (Å²) in [5, 5.41) is 13.6. The highest BCUT2D eigenvalue weighted by Gasteiger charge is 2.10. The van der Waals surface area contributed by atoms with E-state index < -0.39 is 10.7 Å². The highest BCUT2D eigenvalue weighted by molar-refractivity contribution is 9.10. The van der Waals surface area contributed by atoms with E-state index in [0.29, 0.717) is 16.8 Å². The quantitative estimate of drug-likeness (QED) is 0.657. The Bertz CT molecular complexity index is 669. The van der Waals surface area contributed by atoms with Gasteiger partial charge in [-0.1, -0.05) is 17.7 Å². The third-order valence-corrected chi connectivity index (χ3v) is 3.38. The highest BCUT2D eigenvalue weighted by Crippen LogP contribution is 2.25. The number of pyridine rings is 1. The smallest absolute Gasteiger partial charge is 0.288 e. The first-order chi connectivity index (χ1) is 9.47. The number of anilines is 1. The zero-order chi connectivity index (χ0) is 14.7. The molecule has 8 heteroatoms. The molecule has 20 heavy (non-hydrogen) atoms. The maximum atomic E-state index is 13.0. The number of aromatic nitrogens is 1. The fourth-order valence-corrected chi connectivity index (χ4v) is 2.17. The van der Waals surface area contributed by atoms with Gasteiger partial charge in [-0.05, 0) is 33.6 Å². The molecule has 2 rings (SSSR count). The highest BCUT2D eigenvalue weighted by atomic mass is 79.9. The van der Waals surface area contributed by atoms with E-state index >= 15 is 0 Å². The zero-order valence-corrected chi connectivity index (χ0v) is 12.3. The maximum absolute atomic E-state index is 13.0. The van der Waals surface area contributed by atoms with Crippen LogP contribution in [0.5, 0.6) is 0 Å². The first-order valence-electron chi connectivity index (χ1n) is 5.45. The third-order valence-electron chi connectivity index (χ3n) is 2.48. The zero-order valence-electron chi connectivity index (χ0n) is 9.94. The molecule has 0 atom stereocenters. The van der Waals surface area contributed by atoms with Crippen LogP contribution >= 0.6 is 27.5 Å². The van der Waals surface area contributed by atoms with Gasteiger partial charge in [-0.2, -0.15) is 0 Å². The standard InChI is InChI=1S/C12H8BrClFN3O2/c13-9-4-8(18(19)20)6-17-12(9)16-5-7-1-2-11(15)10(14)3-7/h1-4,6H,5H2,(H,16,17). The topological polar surface area (TPSA) is 68.1 Å². The van der Waals surface area contributed by atoms with Gasteiger partial charge >= 0.3 is 0 Å². The molecule has 0 unspecified atom stereocenters. The number of rotatable bonds is 4. The fourth-order valence-electron chi connectivity index (χ4n) is 1.49. The van der Waals surface area contributed by atoms with Gasteiger partial charge in [0.25, 0.3) is 5.69 Å². The van der Waals surface area contributed by atoms with Crippen LogP contribution in [-0.4, -0.2) is 9.91 Å². The van der Waals surface area contributed by atoms with Crippen LogP contribution in [0.15, 0.2) is 34.9 Å². The Morgan fingerprint density at radius 3 is 2.80 bits per heavy atom. The van der Waals surface area contributed by atoms with Gasteiger partial charge < -0.3 is 5.32 Å². The van der Waals surface area contributed by atoms with Crippen molar-refractivity contribution in [2.75, 3.05) is 5.32 Å². The van der Waals surface area contributed by atoms with Crippen LogP contribution in [0.1, 0.15) is 5.56 Å². The lowest BCUT2D eigenvalue weighted by atomic mass is 10.2. The van der Waals surface area contributed by atoms with E-state index in [9.17, 15) is 14.5 Å². The maximum Gasteiger partial charge on any atom is 0.288 e. The molecular formula is C12H8BrClFN3O2. The van der Waals surface area contributed by atoms with Gasteiger partial charge in [0.15, 0.2) is 0 Å². The van der Waals surface area contributed by atoms with Crippen LogP contribution < -0.4 is 5.32 Å². The van der Waals surface area contributed by atoms with Crippen molar-refractivity contribution in [3.05, 3.63) is 61.5 Å². The minimum Gasteiger partial charge on any atom is -0.365 e. The number of halogens is 3. The monoisotopic (exact) mass is 359 g/mol. The molecule has 0 spiro atoms. The summed E-state index contributed by atoms with van der Waals surface area (Å²) in [6, 6.07) is 5.72. The van der Waals surface area contributed by atoms with Crippen LogP contribution in [0, 0.1) is 15.9 Å². The predicted octanol–water partition coefficient (Wildman–Crippen LogP) is 4.16. The number of nitrogens with zero attached hydrogens (tertiary/aromatic N) is 2. The van der Waals surface area contributed by atoms with Crippen molar-refractivity contribution < 1.29 is 9.31 Å². The molecule has 1 N–H and O–H groups in total. The largest absolute Gasteiger partial charge is 0.365 e. The molecule has 0 saturated heterocycles. The van der Waals surface area contributed by atoms with Gasteiger partial charge in [-0.15, -0.1) is 0 Å². The molecule has 0 fully saturated rings. The summed E-state index contributed by atoms with van der Waals surface area (Å²) >= 11 is 8.88. The van der Waals surface area contributed by atoms with Crippen molar-refractivity contribution in [2.45, 2.75) is 6.54 Å². The molecule has 1 aromatic carbocycles. The molecule has 2 aromatic rings. The number of hydrogen-bond donors (Lipinski definition) is 1. The summed E-state index contributed by atoms with van der Waals surface area (Å²) in [7, 11) is 0. The second-order valence-corrected chi connectivity index (χ2v) is 5.14. The third kappa shape index (κ3) is 3.43.